The van der Waals surface area contributed by atoms with Crippen LogP contribution in [0.1, 0.15) is 35.2 Å². The van der Waals surface area contributed by atoms with Gasteiger partial charge in [0, 0.05) is 12.1 Å². The summed E-state index contributed by atoms with van der Waals surface area (Å²) in [6.07, 6.45) is 3.15. The van der Waals surface area contributed by atoms with Crippen molar-refractivity contribution in [2.45, 2.75) is 25.3 Å². The van der Waals surface area contributed by atoms with Gasteiger partial charge in [-0.05, 0) is 48.9 Å². The van der Waals surface area contributed by atoms with E-state index in [1.54, 1.807) is 29.2 Å². The van der Waals surface area contributed by atoms with E-state index in [1.807, 2.05) is 6.07 Å². The SMILES string of the molecule is COC(=O)C1C2CCCC2CN1C(=O)c1ccc(C#N)cc1. The molecule has 1 heterocycles. The van der Waals surface area contributed by atoms with Gasteiger partial charge in [0.25, 0.3) is 5.91 Å². The van der Waals surface area contributed by atoms with Crippen LogP contribution in [-0.4, -0.2) is 36.5 Å². The highest BCUT2D eigenvalue weighted by Crippen LogP contribution is 2.43. The minimum absolute atomic E-state index is 0.158. The molecule has 114 valence electrons. The minimum atomic E-state index is -0.472. The number of benzene rings is 1. The van der Waals surface area contributed by atoms with Crippen LogP contribution in [0.3, 0.4) is 0 Å². The molecule has 1 aromatic rings. The van der Waals surface area contributed by atoms with Crippen LogP contribution < -0.4 is 0 Å². The molecule has 0 spiro atoms. The maximum Gasteiger partial charge on any atom is 0.328 e. The van der Waals surface area contributed by atoms with Gasteiger partial charge in [0.2, 0.25) is 0 Å². The van der Waals surface area contributed by atoms with E-state index in [0.29, 0.717) is 23.6 Å². The number of nitrogens with zero attached hydrogens (tertiary/aromatic N) is 2. The summed E-state index contributed by atoms with van der Waals surface area (Å²) in [6, 6.07) is 8.09. The van der Waals surface area contributed by atoms with Crippen LogP contribution in [0.2, 0.25) is 0 Å². The van der Waals surface area contributed by atoms with E-state index < -0.39 is 6.04 Å². The molecule has 1 saturated heterocycles. The molecular weight excluding hydrogens is 280 g/mol. The van der Waals surface area contributed by atoms with Crippen molar-refractivity contribution in [3.63, 3.8) is 0 Å². The predicted molar refractivity (Wildman–Crippen MR) is 78.8 cm³/mol. The number of carbonyl (C=O) groups excluding carboxylic acids is 2. The van der Waals surface area contributed by atoms with E-state index in [4.69, 9.17) is 10.00 Å². The maximum atomic E-state index is 12.7. The van der Waals surface area contributed by atoms with E-state index >= 15 is 0 Å². The Morgan fingerprint density at radius 2 is 2.00 bits per heavy atom. The third-order valence-electron chi connectivity index (χ3n) is 4.85. The number of nitriles is 1. The van der Waals surface area contributed by atoms with E-state index in [-0.39, 0.29) is 17.8 Å². The quantitative estimate of drug-likeness (QED) is 0.783. The Hall–Kier alpha value is -2.35. The Morgan fingerprint density at radius 3 is 2.64 bits per heavy atom. The lowest BCUT2D eigenvalue weighted by molar-refractivity contribution is -0.146. The second kappa shape index (κ2) is 5.80. The van der Waals surface area contributed by atoms with Gasteiger partial charge in [-0.1, -0.05) is 6.42 Å². The molecule has 0 aromatic heterocycles. The Labute approximate surface area is 129 Å². The molecule has 3 unspecified atom stereocenters. The van der Waals surface area contributed by atoms with Gasteiger partial charge < -0.3 is 9.64 Å². The summed E-state index contributed by atoms with van der Waals surface area (Å²) < 4.78 is 4.92. The monoisotopic (exact) mass is 298 g/mol. The Bertz CT molecular complexity index is 632. The topological polar surface area (TPSA) is 70.4 Å². The zero-order chi connectivity index (χ0) is 15.7. The number of fused-ring (bicyclic) bond motifs is 1. The summed E-state index contributed by atoms with van der Waals surface area (Å²) in [6.45, 7) is 0.614. The van der Waals surface area contributed by atoms with Gasteiger partial charge in [-0.3, -0.25) is 4.79 Å². The van der Waals surface area contributed by atoms with E-state index in [9.17, 15) is 9.59 Å². The van der Waals surface area contributed by atoms with Crippen molar-refractivity contribution in [2.75, 3.05) is 13.7 Å². The number of hydrogen-bond acceptors (Lipinski definition) is 4. The summed E-state index contributed by atoms with van der Waals surface area (Å²) in [5, 5.41) is 8.83. The second-order valence-corrected chi connectivity index (χ2v) is 5.97. The highest BCUT2D eigenvalue weighted by molar-refractivity contribution is 5.97. The Balaban J connectivity index is 1.86. The highest BCUT2D eigenvalue weighted by Gasteiger charge is 2.50. The molecule has 3 rings (SSSR count). The van der Waals surface area contributed by atoms with Crippen molar-refractivity contribution in [2.24, 2.45) is 11.8 Å². The predicted octanol–water partition coefficient (Wildman–Crippen LogP) is 1.97. The standard InChI is InChI=1S/C17H18N2O3/c1-22-17(21)15-14-4-2-3-13(14)10-19(15)16(20)12-7-5-11(9-18)6-8-12/h5-8,13-15H,2-4,10H2,1H3. The average molecular weight is 298 g/mol. The zero-order valence-corrected chi connectivity index (χ0v) is 12.5. The molecule has 1 saturated carbocycles. The smallest absolute Gasteiger partial charge is 0.328 e. The molecule has 0 radical (unpaired) electrons. The lowest BCUT2D eigenvalue weighted by atomic mass is 9.94. The molecule has 1 aromatic carbocycles. The molecular formula is C17H18N2O3. The van der Waals surface area contributed by atoms with Gasteiger partial charge in [0.1, 0.15) is 6.04 Å². The first-order chi connectivity index (χ1) is 10.7. The number of hydrogen-bond donors (Lipinski definition) is 0. The fourth-order valence-electron chi connectivity index (χ4n) is 3.79. The fraction of sp³-hybridized carbons (Fsp3) is 0.471. The molecule has 3 atom stereocenters. The Kier molecular flexibility index (Phi) is 3.84. The summed E-state index contributed by atoms with van der Waals surface area (Å²) in [4.78, 5) is 26.5. The molecule has 1 amide bonds. The van der Waals surface area contributed by atoms with Crippen molar-refractivity contribution < 1.29 is 14.3 Å². The fourth-order valence-corrected chi connectivity index (χ4v) is 3.79. The maximum absolute atomic E-state index is 12.7. The van der Waals surface area contributed by atoms with Gasteiger partial charge in [-0.2, -0.15) is 5.26 Å². The van der Waals surface area contributed by atoms with Gasteiger partial charge in [-0.15, -0.1) is 0 Å². The summed E-state index contributed by atoms with van der Waals surface area (Å²) in [7, 11) is 1.37. The number of ether oxygens (including phenoxy) is 1. The molecule has 5 heteroatoms. The van der Waals surface area contributed by atoms with Crippen LogP contribution >= 0.6 is 0 Å². The van der Waals surface area contributed by atoms with Gasteiger partial charge in [0.15, 0.2) is 0 Å². The van der Waals surface area contributed by atoms with Crippen molar-refractivity contribution in [1.82, 2.24) is 4.90 Å². The average Bonchev–Trinajstić information content (AvgIpc) is 3.14. The number of carbonyl (C=O) groups is 2. The highest BCUT2D eigenvalue weighted by atomic mass is 16.5. The molecule has 0 bridgehead atoms. The van der Waals surface area contributed by atoms with Crippen LogP contribution in [0.15, 0.2) is 24.3 Å². The van der Waals surface area contributed by atoms with Crippen molar-refractivity contribution >= 4 is 11.9 Å². The van der Waals surface area contributed by atoms with E-state index in [2.05, 4.69) is 0 Å². The third-order valence-corrected chi connectivity index (χ3v) is 4.85. The van der Waals surface area contributed by atoms with Crippen LogP contribution in [0, 0.1) is 23.2 Å². The number of amides is 1. The minimum Gasteiger partial charge on any atom is -0.467 e. The first kappa shape index (κ1) is 14.6. The lowest BCUT2D eigenvalue weighted by Gasteiger charge is -2.25. The van der Waals surface area contributed by atoms with Crippen LogP contribution in [0.25, 0.3) is 0 Å². The van der Waals surface area contributed by atoms with Crippen LogP contribution in [-0.2, 0) is 9.53 Å². The van der Waals surface area contributed by atoms with Crippen molar-refractivity contribution in [1.29, 1.82) is 5.26 Å². The largest absolute Gasteiger partial charge is 0.467 e. The summed E-state index contributed by atoms with van der Waals surface area (Å²) >= 11 is 0. The summed E-state index contributed by atoms with van der Waals surface area (Å²) in [5.41, 5.74) is 1.02. The van der Waals surface area contributed by atoms with Gasteiger partial charge >= 0.3 is 5.97 Å². The molecule has 2 aliphatic rings. The van der Waals surface area contributed by atoms with E-state index in [1.165, 1.54) is 7.11 Å². The Morgan fingerprint density at radius 1 is 1.27 bits per heavy atom. The molecule has 5 nitrogen and oxygen atoms in total. The van der Waals surface area contributed by atoms with Gasteiger partial charge in [-0.25, -0.2) is 4.79 Å². The first-order valence-electron chi connectivity index (χ1n) is 7.54. The second-order valence-electron chi connectivity index (χ2n) is 5.97. The first-order valence-corrected chi connectivity index (χ1v) is 7.54. The molecule has 1 aliphatic carbocycles. The molecule has 0 N–H and O–H groups in total. The molecule has 22 heavy (non-hydrogen) atoms. The third kappa shape index (κ3) is 2.35. The zero-order valence-electron chi connectivity index (χ0n) is 12.5. The number of rotatable bonds is 2. The molecule has 1 aliphatic heterocycles. The van der Waals surface area contributed by atoms with Gasteiger partial charge in [0.05, 0.1) is 18.7 Å². The molecule has 2 fully saturated rings. The van der Waals surface area contributed by atoms with Crippen molar-refractivity contribution in [3.05, 3.63) is 35.4 Å². The number of esters is 1. The normalized spacial score (nSPS) is 26.4. The number of likely N-dealkylation sites (tertiary alicyclic amines) is 1. The van der Waals surface area contributed by atoms with Crippen LogP contribution in [0.5, 0.6) is 0 Å². The summed E-state index contributed by atoms with van der Waals surface area (Å²) in [5.74, 6) is 0.131. The van der Waals surface area contributed by atoms with Crippen LogP contribution in [0.4, 0.5) is 0 Å². The lowest BCUT2D eigenvalue weighted by Crippen LogP contribution is -2.43. The van der Waals surface area contributed by atoms with E-state index in [0.717, 1.165) is 19.3 Å². The number of methoxy groups -OCH3 is 1. The van der Waals surface area contributed by atoms with Crippen molar-refractivity contribution in [3.8, 4) is 6.07 Å².